The quantitative estimate of drug-likeness (QED) is 0.0783. The molecule has 1 fully saturated rings. The van der Waals surface area contributed by atoms with Crippen molar-refractivity contribution in [1.29, 1.82) is 0 Å². The Kier molecular flexibility index (Phi) is 13.8. The molecule has 3 aromatic carbocycles. The Bertz CT molecular complexity index is 2430. The lowest BCUT2D eigenvalue weighted by atomic mass is 9.59. The van der Waals surface area contributed by atoms with Crippen molar-refractivity contribution in [3.63, 3.8) is 0 Å². The van der Waals surface area contributed by atoms with Gasteiger partial charge in [0, 0.05) is 67.0 Å². The van der Waals surface area contributed by atoms with Gasteiger partial charge in [-0.25, -0.2) is 9.78 Å². The molecule has 3 N–H and O–H groups in total. The molecule has 1 spiro atoms. The summed E-state index contributed by atoms with van der Waals surface area (Å²) in [5, 5.41) is 17.8. The van der Waals surface area contributed by atoms with E-state index < -0.39 is 11.5 Å². The van der Waals surface area contributed by atoms with Crippen LogP contribution in [0.3, 0.4) is 0 Å². The highest BCUT2D eigenvalue weighted by Gasteiger charge is 2.54. The Morgan fingerprint density at radius 2 is 1.78 bits per heavy atom. The van der Waals surface area contributed by atoms with Gasteiger partial charge < -0.3 is 30.1 Å². The number of carbonyl (C=O) groups excluding carboxylic acids is 1. The smallest absolute Gasteiger partial charge is 0.329 e. The van der Waals surface area contributed by atoms with Crippen LogP contribution in [0.25, 0.3) is 11.1 Å². The van der Waals surface area contributed by atoms with Crippen LogP contribution in [-0.2, 0) is 34.4 Å². The van der Waals surface area contributed by atoms with E-state index in [1.165, 1.54) is 22.4 Å². The number of pyridine rings is 2. The van der Waals surface area contributed by atoms with Gasteiger partial charge in [0.2, 0.25) is 5.91 Å². The highest BCUT2D eigenvalue weighted by atomic mass is 35.5. The highest BCUT2D eigenvalue weighted by molar-refractivity contribution is 6.30. The molecule has 2 aromatic heterocycles. The number of aromatic nitrogens is 2. The fourth-order valence-electron chi connectivity index (χ4n) is 10.6. The first-order valence-electron chi connectivity index (χ1n) is 23.0. The number of aliphatic carboxylic acids is 1. The fourth-order valence-corrected chi connectivity index (χ4v) is 10.8. The minimum Gasteiger partial charge on any atom is -0.494 e. The third-order valence-corrected chi connectivity index (χ3v) is 14.3. The van der Waals surface area contributed by atoms with Gasteiger partial charge in [-0.3, -0.25) is 9.78 Å². The molecule has 0 bridgehead atoms. The minimum atomic E-state index is -1.11. The molecule has 11 heteroatoms. The Morgan fingerprint density at radius 1 is 0.953 bits per heavy atom. The summed E-state index contributed by atoms with van der Waals surface area (Å²) in [7, 11) is 3.94. The van der Waals surface area contributed by atoms with Gasteiger partial charge in [0.1, 0.15) is 22.9 Å². The van der Waals surface area contributed by atoms with Crippen molar-refractivity contribution in [2.45, 2.75) is 108 Å². The van der Waals surface area contributed by atoms with E-state index in [1.807, 2.05) is 67.8 Å². The molecular weight excluding hydrogens is 822 g/mol. The van der Waals surface area contributed by atoms with Crippen LogP contribution in [0.5, 0.6) is 11.5 Å². The molecule has 1 saturated carbocycles. The predicted octanol–water partition coefficient (Wildman–Crippen LogP) is 10.8. The largest absolute Gasteiger partial charge is 0.494 e. The van der Waals surface area contributed by atoms with Crippen molar-refractivity contribution in [3.8, 4) is 22.6 Å². The Balaban J connectivity index is 0.916. The van der Waals surface area contributed by atoms with Crippen molar-refractivity contribution in [2.75, 3.05) is 37.5 Å². The molecule has 3 aliphatic rings. The number of ether oxygens (including phenoxy) is 2. The molecule has 0 radical (unpaired) electrons. The number of carboxylic acids is 1. The number of carboxylic acid groups (broad SMARTS) is 1. The maximum absolute atomic E-state index is 13.1. The first-order chi connectivity index (χ1) is 30.9. The summed E-state index contributed by atoms with van der Waals surface area (Å²) in [5.74, 6) is 2.81. The number of benzene rings is 3. The van der Waals surface area contributed by atoms with Gasteiger partial charge >= 0.3 is 5.97 Å². The summed E-state index contributed by atoms with van der Waals surface area (Å²) in [5.41, 5.74) is 7.51. The maximum Gasteiger partial charge on any atom is 0.329 e. The van der Waals surface area contributed by atoms with Crippen molar-refractivity contribution in [3.05, 3.63) is 130 Å². The van der Waals surface area contributed by atoms with Gasteiger partial charge in [-0.15, -0.1) is 0 Å². The van der Waals surface area contributed by atoms with E-state index in [0.717, 1.165) is 79.0 Å². The number of halogens is 1. The van der Waals surface area contributed by atoms with E-state index in [2.05, 4.69) is 70.8 Å². The number of fused-ring (bicyclic) bond motifs is 3. The average molecular weight is 885 g/mol. The molecule has 1 amide bonds. The third-order valence-electron chi connectivity index (χ3n) is 14.0. The minimum absolute atomic E-state index is 0.0197. The Hall–Kier alpha value is -5.61. The van der Waals surface area contributed by atoms with E-state index in [0.29, 0.717) is 68.0 Å². The van der Waals surface area contributed by atoms with E-state index >= 15 is 0 Å². The number of rotatable bonds is 17. The van der Waals surface area contributed by atoms with Crippen LogP contribution in [0.4, 0.5) is 11.5 Å². The van der Waals surface area contributed by atoms with Crippen molar-refractivity contribution in [2.24, 2.45) is 11.8 Å². The van der Waals surface area contributed by atoms with Crippen LogP contribution < -0.4 is 25.0 Å². The first kappa shape index (κ1) is 45.0. The van der Waals surface area contributed by atoms with Gasteiger partial charge in [0.25, 0.3) is 0 Å². The molecule has 10 nitrogen and oxygen atoms in total. The summed E-state index contributed by atoms with van der Waals surface area (Å²) >= 11 is 6.33. The molecule has 336 valence electrons. The number of anilines is 2. The number of carbonyl (C=O) groups is 2. The van der Waals surface area contributed by atoms with Gasteiger partial charge in [-0.1, -0.05) is 55.8 Å². The number of aryl methyl sites for hydroxylation is 1. The lowest BCUT2D eigenvalue weighted by Crippen LogP contribution is -2.53. The van der Waals surface area contributed by atoms with Gasteiger partial charge in [-0.05, 0) is 164 Å². The SMILES string of the molecule is C[C@@H](COc1ccnc2c1[C@H](C)CCC2)C[C@H]1Cc2ccc(OCCCC(=O)NCc3cccc(-c4ccc(N(C)C)nc4)c3)cc2C12CCC(Nc1cccc(Cl)c1)(C(=O)O)CC2. The molecule has 3 atom stereocenters. The van der Waals surface area contributed by atoms with Crippen molar-refractivity contribution < 1.29 is 24.2 Å². The zero-order valence-corrected chi connectivity index (χ0v) is 38.4. The number of hydrogen-bond donors (Lipinski definition) is 3. The molecule has 8 rings (SSSR count). The topological polar surface area (TPSA) is 126 Å². The van der Waals surface area contributed by atoms with Gasteiger partial charge in [-0.2, -0.15) is 0 Å². The maximum atomic E-state index is 13.1. The van der Waals surface area contributed by atoms with Crippen LogP contribution in [0.2, 0.25) is 5.02 Å². The van der Waals surface area contributed by atoms with E-state index in [-0.39, 0.29) is 17.2 Å². The first-order valence-corrected chi connectivity index (χ1v) is 23.4. The summed E-state index contributed by atoms with van der Waals surface area (Å²) in [4.78, 5) is 37.3. The summed E-state index contributed by atoms with van der Waals surface area (Å²) < 4.78 is 13.0. The second-order valence-electron chi connectivity index (χ2n) is 18.7. The highest BCUT2D eigenvalue weighted by Crippen LogP contribution is 2.57. The van der Waals surface area contributed by atoms with E-state index in [1.54, 1.807) is 12.1 Å². The zero-order chi connectivity index (χ0) is 44.8. The fraction of sp³-hybridized carbons (Fsp3) is 0.434. The lowest BCUT2D eigenvalue weighted by Gasteiger charge is -2.47. The van der Waals surface area contributed by atoms with Gasteiger partial charge in [0.15, 0.2) is 0 Å². The van der Waals surface area contributed by atoms with E-state index in [4.69, 9.17) is 21.1 Å². The number of nitrogens with one attached hydrogen (secondary N) is 2. The van der Waals surface area contributed by atoms with Crippen LogP contribution >= 0.6 is 11.6 Å². The Morgan fingerprint density at radius 3 is 2.55 bits per heavy atom. The third kappa shape index (κ3) is 10.0. The van der Waals surface area contributed by atoms with Crippen LogP contribution in [0, 0.1) is 11.8 Å². The molecule has 0 unspecified atom stereocenters. The summed E-state index contributed by atoms with van der Waals surface area (Å²) in [6, 6.07) is 28.0. The molecule has 5 aromatic rings. The second kappa shape index (κ2) is 19.6. The molecule has 64 heavy (non-hydrogen) atoms. The van der Waals surface area contributed by atoms with E-state index in [9.17, 15) is 14.7 Å². The molecule has 0 aliphatic heterocycles. The number of nitrogens with zero attached hydrogens (tertiary/aromatic N) is 3. The lowest BCUT2D eigenvalue weighted by molar-refractivity contribution is -0.144. The summed E-state index contributed by atoms with van der Waals surface area (Å²) in [6.45, 7) is 6.02. The Labute approximate surface area is 383 Å². The normalized spacial score (nSPS) is 21.6. The monoisotopic (exact) mass is 883 g/mol. The predicted molar refractivity (Wildman–Crippen MR) is 255 cm³/mol. The number of amides is 1. The summed E-state index contributed by atoms with van der Waals surface area (Å²) in [6.07, 6.45) is 12.3. The van der Waals surface area contributed by atoms with Crippen LogP contribution in [-0.4, -0.2) is 59.8 Å². The molecule has 3 aliphatic carbocycles. The van der Waals surface area contributed by atoms with Gasteiger partial charge in [0.05, 0.1) is 13.2 Å². The second-order valence-corrected chi connectivity index (χ2v) is 19.2. The number of hydrogen-bond acceptors (Lipinski definition) is 8. The molecular formula is C53H62ClN5O5. The standard InChI is InChI=1S/C53H62ClN5O5/c1-35(34-64-47-20-25-55-46-14-5-9-36(2)50(46)47)27-41-29-39-16-18-44(31-45(39)52(41)21-23-53(24-22-52,51(61)62)58-43-13-7-12-42(54)30-43)63-26-8-15-49(60)57-32-37-10-6-11-38(28-37)40-17-19-48(56-33-40)59(3)4/h6-7,10-13,16-20,25,28,30-31,33,35-36,41,58H,5,8-9,14-15,21-24,26-27,29,32,34H2,1-4H3,(H,57,60)(H,61,62)/t35-,36-,41+,52?,53?/m1/s1. The van der Waals surface area contributed by atoms with Crippen LogP contribution in [0.1, 0.15) is 106 Å². The van der Waals surface area contributed by atoms with Crippen molar-refractivity contribution >= 4 is 35.0 Å². The average Bonchev–Trinajstić information content (AvgIpc) is 3.58. The van der Waals surface area contributed by atoms with Crippen LogP contribution in [0.15, 0.2) is 97.3 Å². The molecule has 0 saturated heterocycles. The zero-order valence-electron chi connectivity index (χ0n) is 37.7. The molecule has 2 heterocycles. The van der Waals surface area contributed by atoms with Crippen molar-refractivity contribution in [1.82, 2.24) is 15.3 Å².